The monoisotopic (exact) mass is 173 g/mol. The third-order valence-electron chi connectivity index (χ3n) is 2.16. The molecule has 5 heteroatoms. The number of carbonyl (C=O) groups excluding carboxylic acids is 1. The van der Waals surface area contributed by atoms with Gasteiger partial charge >= 0.3 is 6.03 Å². The van der Waals surface area contributed by atoms with Crippen LogP contribution >= 0.6 is 0 Å². The van der Waals surface area contributed by atoms with Crippen molar-refractivity contribution >= 4 is 6.03 Å². The SMILES string of the molecule is NNC(=O)N[C@H]1CC[C@H](O)CC1. The molecule has 0 atom stereocenters. The van der Waals surface area contributed by atoms with Crippen molar-refractivity contribution in [2.75, 3.05) is 0 Å². The number of aliphatic hydroxyl groups excluding tert-OH is 1. The summed E-state index contributed by atoms with van der Waals surface area (Å²) in [5.41, 5.74) is 2.01. The largest absolute Gasteiger partial charge is 0.393 e. The molecule has 0 saturated heterocycles. The summed E-state index contributed by atoms with van der Waals surface area (Å²) in [4.78, 5) is 10.8. The van der Waals surface area contributed by atoms with Crippen LogP contribution in [0.1, 0.15) is 25.7 Å². The topological polar surface area (TPSA) is 87.4 Å². The fraction of sp³-hybridized carbons (Fsp3) is 0.857. The van der Waals surface area contributed by atoms with Gasteiger partial charge in [-0.2, -0.15) is 0 Å². The van der Waals surface area contributed by atoms with Gasteiger partial charge in [-0.1, -0.05) is 0 Å². The lowest BCUT2D eigenvalue weighted by molar-refractivity contribution is 0.117. The number of nitrogens with one attached hydrogen (secondary N) is 2. The molecule has 0 heterocycles. The minimum atomic E-state index is -0.351. The van der Waals surface area contributed by atoms with Crippen LogP contribution in [0.15, 0.2) is 0 Å². The molecule has 0 aromatic rings. The van der Waals surface area contributed by atoms with Gasteiger partial charge in [0.25, 0.3) is 0 Å². The maximum atomic E-state index is 10.8. The van der Waals surface area contributed by atoms with Crippen LogP contribution in [0.5, 0.6) is 0 Å². The van der Waals surface area contributed by atoms with Crippen molar-refractivity contribution in [3.05, 3.63) is 0 Å². The zero-order valence-electron chi connectivity index (χ0n) is 6.92. The maximum absolute atomic E-state index is 10.8. The Morgan fingerprint density at radius 2 is 1.92 bits per heavy atom. The average molecular weight is 173 g/mol. The summed E-state index contributed by atoms with van der Waals surface area (Å²) in [6, 6.07) is -0.187. The van der Waals surface area contributed by atoms with Crippen LogP contribution < -0.4 is 16.6 Å². The van der Waals surface area contributed by atoms with E-state index in [0.29, 0.717) is 0 Å². The van der Waals surface area contributed by atoms with Crippen molar-refractivity contribution in [3.63, 3.8) is 0 Å². The Balaban J connectivity index is 2.21. The molecule has 0 unspecified atom stereocenters. The molecule has 70 valence electrons. The van der Waals surface area contributed by atoms with Gasteiger partial charge in [0.2, 0.25) is 0 Å². The van der Waals surface area contributed by atoms with E-state index in [1.165, 1.54) is 0 Å². The Morgan fingerprint density at radius 3 is 2.42 bits per heavy atom. The summed E-state index contributed by atoms with van der Waals surface area (Å²) < 4.78 is 0. The smallest absolute Gasteiger partial charge is 0.329 e. The Morgan fingerprint density at radius 1 is 1.33 bits per heavy atom. The highest BCUT2D eigenvalue weighted by molar-refractivity contribution is 5.73. The van der Waals surface area contributed by atoms with Gasteiger partial charge in [0.05, 0.1) is 6.10 Å². The summed E-state index contributed by atoms with van der Waals surface area (Å²) in [6.45, 7) is 0. The van der Waals surface area contributed by atoms with Gasteiger partial charge in [0.15, 0.2) is 0 Å². The molecular formula is C7H15N3O2. The molecule has 1 aliphatic rings. The number of hydrogen-bond acceptors (Lipinski definition) is 3. The highest BCUT2D eigenvalue weighted by Crippen LogP contribution is 2.17. The first-order valence-corrected chi connectivity index (χ1v) is 4.17. The zero-order valence-corrected chi connectivity index (χ0v) is 6.92. The third kappa shape index (κ3) is 2.67. The summed E-state index contributed by atoms with van der Waals surface area (Å²) in [6.07, 6.45) is 2.98. The summed E-state index contributed by atoms with van der Waals surface area (Å²) in [5, 5.41) is 11.9. The zero-order chi connectivity index (χ0) is 8.97. The van der Waals surface area contributed by atoms with Gasteiger partial charge < -0.3 is 10.4 Å². The van der Waals surface area contributed by atoms with E-state index in [9.17, 15) is 4.79 Å². The Kier molecular flexibility index (Phi) is 3.31. The Bertz CT molecular complexity index is 155. The van der Waals surface area contributed by atoms with Gasteiger partial charge in [-0.05, 0) is 25.7 Å². The molecule has 5 N–H and O–H groups in total. The molecule has 1 fully saturated rings. The summed E-state index contributed by atoms with van der Waals surface area (Å²) in [5.74, 6) is 4.91. The van der Waals surface area contributed by atoms with E-state index in [1.807, 2.05) is 5.43 Å². The van der Waals surface area contributed by atoms with E-state index in [0.717, 1.165) is 25.7 Å². The van der Waals surface area contributed by atoms with E-state index >= 15 is 0 Å². The number of hydrogen-bond donors (Lipinski definition) is 4. The molecule has 1 saturated carbocycles. The molecule has 0 bridgehead atoms. The molecule has 0 spiro atoms. The van der Waals surface area contributed by atoms with E-state index in [2.05, 4.69) is 5.32 Å². The number of urea groups is 1. The molecule has 2 amide bonds. The molecule has 0 aromatic heterocycles. The van der Waals surface area contributed by atoms with Crippen LogP contribution in [-0.4, -0.2) is 23.3 Å². The normalized spacial score (nSPS) is 29.5. The molecule has 0 radical (unpaired) electrons. The highest BCUT2D eigenvalue weighted by atomic mass is 16.3. The second-order valence-electron chi connectivity index (χ2n) is 3.12. The van der Waals surface area contributed by atoms with Gasteiger partial charge in [0, 0.05) is 6.04 Å². The molecule has 1 aliphatic carbocycles. The Hall–Kier alpha value is -0.810. The van der Waals surface area contributed by atoms with Crippen molar-refractivity contribution in [2.45, 2.75) is 37.8 Å². The van der Waals surface area contributed by atoms with Crippen molar-refractivity contribution in [2.24, 2.45) is 5.84 Å². The van der Waals surface area contributed by atoms with Gasteiger partial charge in [-0.15, -0.1) is 0 Å². The number of aliphatic hydroxyl groups is 1. The van der Waals surface area contributed by atoms with Crippen LogP contribution in [0.2, 0.25) is 0 Å². The lowest BCUT2D eigenvalue weighted by Crippen LogP contribution is -2.46. The van der Waals surface area contributed by atoms with Crippen molar-refractivity contribution in [3.8, 4) is 0 Å². The number of nitrogens with two attached hydrogens (primary N) is 1. The van der Waals surface area contributed by atoms with Gasteiger partial charge in [0.1, 0.15) is 0 Å². The van der Waals surface area contributed by atoms with E-state index in [-0.39, 0.29) is 18.2 Å². The maximum Gasteiger partial charge on any atom is 0.329 e. The third-order valence-corrected chi connectivity index (χ3v) is 2.16. The second kappa shape index (κ2) is 4.27. The second-order valence-corrected chi connectivity index (χ2v) is 3.12. The van der Waals surface area contributed by atoms with Crippen LogP contribution in [-0.2, 0) is 0 Å². The minimum absolute atomic E-state index is 0.164. The van der Waals surface area contributed by atoms with Crippen LogP contribution in [0, 0.1) is 0 Å². The van der Waals surface area contributed by atoms with E-state index in [1.54, 1.807) is 0 Å². The first-order chi connectivity index (χ1) is 5.72. The van der Waals surface area contributed by atoms with E-state index in [4.69, 9.17) is 10.9 Å². The molecule has 0 aliphatic heterocycles. The molecule has 0 aromatic carbocycles. The van der Waals surface area contributed by atoms with Gasteiger partial charge in [-0.25, -0.2) is 10.6 Å². The van der Waals surface area contributed by atoms with Crippen LogP contribution in [0.25, 0.3) is 0 Å². The van der Waals surface area contributed by atoms with Crippen molar-refractivity contribution in [1.29, 1.82) is 0 Å². The fourth-order valence-corrected chi connectivity index (χ4v) is 1.45. The predicted octanol–water partition coefficient (Wildman–Crippen LogP) is -0.537. The van der Waals surface area contributed by atoms with Crippen molar-refractivity contribution in [1.82, 2.24) is 10.7 Å². The molecular weight excluding hydrogens is 158 g/mol. The predicted molar refractivity (Wildman–Crippen MR) is 44.1 cm³/mol. The number of hydrazine groups is 1. The van der Waals surface area contributed by atoms with Crippen molar-refractivity contribution < 1.29 is 9.90 Å². The lowest BCUT2D eigenvalue weighted by atomic mass is 9.93. The fourth-order valence-electron chi connectivity index (χ4n) is 1.45. The quantitative estimate of drug-likeness (QED) is 0.244. The van der Waals surface area contributed by atoms with E-state index < -0.39 is 0 Å². The van der Waals surface area contributed by atoms with Crippen LogP contribution in [0.4, 0.5) is 4.79 Å². The number of amides is 2. The average Bonchev–Trinajstić information content (AvgIpc) is 2.09. The van der Waals surface area contributed by atoms with Gasteiger partial charge in [-0.3, -0.25) is 5.43 Å². The summed E-state index contributed by atoms with van der Waals surface area (Å²) >= 11 is 0. The summed E-state index contributed by atoms with van der Waals surface area (Å²) in [7, 11) is 0. The molecule has 1 rings (SSSR count). The highest BCUT2D eigenvalue weighted by Gasteiger charge is 2.20. The number of carbonyl (C=O) groups is 1. The molecule has 5 nitrogen and oxygen atoms in total. The first-order valence-electron chi connectivity index (χ1n) is 4.17. The minimum Gasteiger partial charge on any atom is -0.393 e. The number of rotatable bonds is 1. The standard InChI is InChI=1S/C7H15N3O2/c8-10-7(12)9-5-1-3-6(11)4-2-5/h5-6,11H,1-4,8H2,(H2,9,10,12)/t5-,6-. The molecule has 12 heavy (non-hydrogen) atoms. The Labute approximate surface area is 71.3 Å². The van der Waals surface area contributed by atoms with Crippen LogP contribution in [0.3, 0.4) is 0 Å². The lowest BCUT2D eigenvalue weighted by Gasteiger charge is -2.25. The first kappa shape index (κ1) is 9.28.